The van der Waals surface area contributed by atoms with Crippen LogP contribution in [0.2, 0.25) is 0 Å². The summed E-state index contributed by atoms with van der Waals surface area (Å²) in [7, 11) is 3.67. The number of H-pyrrole nitrogens is 1. The van der Waals surface area contributed by atoms with Crippen molar-refractivity contribution in [2.45, 2.75) is 6.42 Å². The Morgan fingerprint density at radius 3 is 2.94 bits per heavy atom. The molecule has 3 aromatic heterocycles. The zero-order valence-corrected chi connectivity index (χ0v) is 17.4. The minimum atomic E-state index is 0.585. The molecule has 3 N–H and O–H groups in total. The molecule has 8 heteroatoms. The van der Waals surface area contributed by atoms with Crippen molar-refractivity contribution in [2.75, 3.05) is 24.3 Å². The summed E-state index contributed by atoms with van der Waals surface area (Å²) in [6, 6.07) is 14.0. The van der Waals surface area contributed by atoms with E-state index in [4.69, 9.17) is 4.74 Å². The molecule has 5 rings (SSSR count). The molecule has 5 aromatic rings. The SMILES string of the molecule is COc1ccc2[nH]cc(CCNc3nccc(Nc4ccc5c(c4)ncn5C)n3)c2c1. The lowest BCUT2D eigenvalue weighted by atomic mass is 10.1. The van der Waals surface area contributed by atoms with Crippen molar-refractivity contribution in [3.8, 4) is 5.75 Å². The third kappa shape index (κ3) is 3.87. The fourth-order valence-electron chi connectivity index (χ4n) is 3.68. The minimum Gasteiger partial charge on any atom is -0.497 e. The molecule has 0 aliphatic rings. The standard InChI is InChI=1S/C23H23N7O/c1-30-14-27-20-11-16(3-6-21(20)30)28-22-8-10-25-23(29-22)24-9-7-15-13-26-19-5-4-17(31-2)12-18(15)19/h3-6,8,10-14,26H,7,9H2,1-2H3,(H2,24,25,28,29). The lowest BCUT2D eigenvalue weighted by molar-refractivity contribution is 0.415. The van der Waals surface area contributed by atoms with E-state index in [9.17, 15) is 0 Å². The van der Waals surface area contributed by atoms with Gasteiger partial charge in [-0.3, -0.25) is 0 Å². The molecule has 156 valence electrons. The predicted molar refractivity (Wildman–Crippen MR) is 123 cm³/mol. The van der Waals surface area contributed by atoms with Gasteiger partial charge in [0.05, 0.1) is 24.5 Å². The molecule has 0 fully saturated rings. The number of ether oxygens (including phenoxy) is 1. The molecule has 8 nitrogen and oxygen atoms in total. The first-order chi connectivity index (χ1) is 15.2. The molecule has 0 unspecified atom stereocenters. The van der Waals surface area contributed by atoms with Gasteiger partial charge in [-0.2, -0.15) is 4.98 Å². The zero-order chi connectivity index (χ0) is 21.2. The van der Waals surface area contributed by atoms with Crippen LogP contribution in [0.15, 0.2) is 61.2 Å². The van der Waals surface area contributed by atoms with Crippen molar-refractivity contribution in [3.05, 3.63) is 66.7 Å². The molecule has 0 aliphatic carbocycles. The molecule has 0 bridgehead atoms. The summed E-state index contributed by atoms with van der Waals surface area (Å²) in [5, 5.41) is 7.81. The molecule has 0 spiro atoms. The van der Waals surface area contributed by atoms with Crippen LogP contribution in [0.5, 0.6) is 5.75 Å². The van der Waals surface area contributed by atoms with Gasteiger partial charge in [0.2, 0.25) is 5.95 Å². The second kappa shape index (κ2) is 7.98. The van der Waals surface area contributed by atoms with Crippen molar-refractivity contribution >= 4 is 39.4 Å². The summed E-state index contributed by atoms with van der Waals surface area (Å²) in [5.74, 6) is 2.17. The van der Waals surface area contributed by atoms with Crippen LogP contribution in [0, 0.1) is 0 Å². The number of fused-ring (bicyclic) bond motifs is 2. The Balaban J connectivity index is 1.25. The van der Waals surface area contributed by atoms with Crippen LogP contribution in [0.3, 0.4) is 0 Å². The average molecular weight is 413 g/mol. The number of hydrogen-bond acceptors (Lipinski definition) is 6. The number of nitrogens with one attached hydrogen (secondary N) is 3. The maximum Gasteiger partial charge on any atom is 0.224 e. The van der Waals surface area contributed by atoms with Crippen LogP contribution in [0.1, 0.15) is 5.56 Å². The predicted octanol–water partition coefficient (Wildman–Crippen LogP) is 4.25. The second-order valence-corrected chi connectivity index (χ2v) is 7.35. The first-order valence-electron chi connectivity index (χ1n) is 10.1. The maximum atomic E-state index is 5.35. The van der Waals surface area contributed by atoms with Crippen molar-refractivity contribution in [3.63, 3.8) is 0 Å². The van der Waals surface area contributed by atoms with E-state index in [1.807, 2.05) is 60.5 Å². The van der Waals surface area contributed by atoms with Crippen molar-refractivity contribution in [2.24, 2.45) is 7.05 Å². The lowest BCUT2D eigenvalue weighted by Crippen LogP contribution is -2.08. The van der Waals surface area contributed by atoms with E-state index in [1.165, 1.54) is 10.9 Å². The molecular weight excluding hydrogens is 390 g/mol. The molecule has 3 heterocycles. The zero-order valence-electron chi connectivity index (χ0n) is 17.4. The fraction of sp³-hybridized carbons (Fsp3) is 0.174. The molecule has 0 aliphatic heterocycles. The van der Waals surface area contributed by atoms with Crippen LogP contribution in [0.4, 0.5) is 17.5 Å². The molecule has 0 amide bonds. The Morgan fingerprint density at radius 2 is 2.03 bits per heavy atom. The number of rotatable bonds is 7. The van der Waals surface area contributed by atoms with E-state index in [0.717, 1.165) is 40.2 Å². The van der Waals surface area contributed by atoms with Gasteiger partial charge in [-0.05, 0) is 54.4 Å². The Hall–Kier alpha value is -4.07. The van der Waals surface area contributed by atoms with Crippen LogP contribution >= 0.6 is 0 Å². The van der Waals surface area contributed by atoms with Gasteiger partial charge in [-0.25, -0.2) is 9.97 Å². The van der Waals surface area contributed by atoms with Crippen LogP contribution in [-0.4, -0.2) is 38.2 Å². The number of imidazole rings is 1. The number of hydrogen-bond donors (Lipinski definition) is 3. The number of anilines is 3. The normalized spacial score (nSPS) is 11.2. The summed E-state index contributed by atoms with van der Waals surface area (Å²) in [6.07, 6.45) is 6.43. The van der Waals surface area contributed by atoms with Gasteiger partial charge >= 0.3 is 0 Å². The summed E-state index contributed by atoms with van der Waals surface area (Å²) in [4.78, 5) is 16.6. The van der Waals surface area contributed by atoms with Gasteiger partial charge in [0.1, 0.15) is 11.6 Å². The first-order valence-corrected chi connectivity index (χ1v) is 10.1. The lowest BCUT2D eigenvalue weighted by Gasteiger charge is -2.09. The molecule has 0 saturated heterocycles. The third-order valence-electron chi connectivity index (χ3n) is 5.31. The van der Waals surface area contributed by atoms with Crippen LogP contribution in [0.25, 0.3) is 21.9 Å². The third-order valence-corrected chi connectivity index (χ3v) is 5.31. The minimum absolute atomic E-state index is 0.585. The molecular formula is C23H23N7O. The van der Waals surface area contributed by atoms with Gasteiger partial charge < -0.3 is 24.9 Å². The summed E-state index contributed by atoms with van der Waals surface area (Å²) >= 11 is 0. The Bertz CT molecular complexity index is 1350. The van der Waals surface area contributed by atoms with Gasteiger partial charge in [0.25, 0.3) is 0 Å². The monoisotopic (exact) mass is 413 g/mol. The summed E-state index contributed by atoms with van der Waals surface area (Å²) in [6.45, 7) is 0.716. The van der Waals surface area contributed by atoms with Crippen LogP contribution in [-0.2, 0) is 13.5 Å². The highest BCUT2D eigenvalue weighted by Gasteiger charge is 2.07. The highest BCUT2D eigenvalue weighted by atomic mass is 16.5. The number of nitrogens with zero attached hydrogens (tertiary/aromatic N) is 4. The van der Waals surface area contributed by atoms with Gasteiger partial charge in [0.15, 0.2) is 0 Å². The molecule has 0 radical (unpaired) electrons. The van der Waals surface area contributed by atoms with Gasteiger partial charge in [-0.15, -0.1) is 0 Å². The van der Waals surface area contributed by atoms with E-state index < -0.39 is 0 Å². The number of aromatic nitrogens is 5. The largest absolute Gasteiger partial charge is 0.497 e. The van der Waals surface area contributed by atoms with Crippen molar-refractivity contribution in [1.82, 2.24) is 24.5 Å². The Morgan fingerprint density at radius 1 is 1.10 bits per heavy atom. The Labute approximate surface area is 179 Å². The highest BCUT2D eigenvalue weighted by molar-refractivity contribution is 5.84. The molecule has 2 aromatic carbocycles. The average Bonchev–Trinajstić information content (AvgIpc) is 3.37. The topological polar surface area (TPSA) is 92.7 Å². The quantitative estimate of drug-likeness (QED) is 0.369. The van der Waals surface area contributed by atoms with E-state index in [2.05, 4.69) is 36.6 Å². The van der Waals surface area contributed by atoms with E-state index >= 15 is 0 Å². The van der Waals surface area contributed by atoms with Gasteiger partial charge in [0, 0.05) is 42.6 Å². The van der Waals surface area contributed by atoms with E-state index in [-0.39, 0.29) is 0 Å². The van der Waals surface area contributed by atoms with Crippen LogP contribution < -0.4 is 15.4 Å². The Kier molecular flexibility index (Phi) is 4.87. The first kappa shape index (κ1) is 18.9. The highest BCUT2D eigenvalue weighted by Crippen LogP contribution is 2.24. The summed E-state index contributed by atoms with van der Waals surface area (Å²) in [5.41, 5.74) is 5.28. The van der Waals surface area contributed by atoms with Crippen molar-refractivity contribution in [1.29, 1.82) is 0 Å². The number of aromatic amines is 1. The number of aryl methyl sites for hydroxylation is 1. The fourth-order valence-corrected chi connectivity index (χ4v) is 3.68. The molecule has 31 heavy (non-hydrogen) atoms. The van der Waals surface area contributed by atoms with E-state index in [0.29, 0.717) is 12.5 Å². The summed E-state index contributed by atoms with van der Waals surface area (Å²) < 4.78 is 7.34. The molecule has 0 atom stereocenters. The second-order valence-electron chi connectivity index (χ2n) is 7.35. The maximum absolute atomic E-state index is 5.35. The molecule has 0 saturated carbocycles. The van der Waals surface area contributed by atoms with Gasteiger partial charge in [-0.1, -0.05) is 0 Å². The smallest absolute Gasteiger partial charge is 0.224 e. The van der Waals surface area contributed by atoms with E-state index in [1.54, 1.807) is 13.3 Å². The number of methoxy groups -OCH3 is 1. The van der Waals surface area contributed by atoms with Crippen molar-refractivity contribution < 1.29 is 4.74 Å². The number of benzene rings is 2.